The highest BCUT2D eigenvalue weighted by molar-refractivity contribution is 6.21. The molecule has 0 atom stereocenters. The van der Waals surface area contributed by atoms with Crippen molar-refractivity contribution in [3.63, 3.8) is 0 Å². The highest BCUT2D eigenvalue weighted by Gasteiger charge is 2.39. The number of alkyl carbamates (subject to hydrolysis) is 1. The molecule has 3 aromatic carbocycles. The Kier molecular flexibility index (Phi) is 5.72. The van der Waals surface area contributed by atoms with Gasteiger partial charge < -0.3 is 19.3 Å². The number of carbonyl (C=O) groups is 4. The number of benzene rings is 3. The first kappa shape index (κ1) is 23.2. The number of amides is 3. The second-order valence-corrected chi connectivity index (χ2v) is 8.77. The molecule has 4 aromatic rings. The van der Waals surface area contributed by atoms with E-state index < -0.39 is 23.9 Å². The molecule has 9 heteroatoms. The van der Waals surface area contributed by atoms with Gasteiger partial charge in [-0.3, -0.25) is 9.59 Å². The Morgan fingerprint density at radius 1 is 0.763 bits per heavy atom. The standard InChI is InChI=1S/C29H20N2O7/c32-26-22-11-5-6-12-23(22)27(33)31(26)38-28(34)25-14-13-17(37-25)15-30-29(35)36-16-24-20-9-3-1-7-18(20)19-8-2-4-10-21(19)24/h1-14,24H,15-16H2,(H,30,35). The molecule has 9 nitrogen and oxygen atoms in total. The van der Waals surface area contributed by atoms with Crippen molar-refractivity contribution in [2.75, 3.05) is 6.61 Å². The molecular formula is C29H20N2O7. The first-order chi connectivity index (χ1) is 18.5. The fraction of sp³-hybridized carbons (Fsp3) is 0.103. The molecule has 0 spiro atoms. The van der Waals surface area contributed by atoms with Crippen LogP contribution in [0.2, 0.25) is 0 Å². The van der Waals surface area contributed by atoms with E-state index in [4.69, 9.17) is 14.0 Å². The summed E-state index contributed by atoms with van der Waals surface area (Å²) in [4.78, 5) is 54.6. The number of furan rings is 1. The van der Waals surface area contributed by atoms with Crippen LogP contribution in [0.4, 0.5) is 4.79 Å². The molecule has 1 aliphatic heterocycles. The number of ether oxygens (including phenoxy) is 1. The minimum Gasteiger partial charge on any atom is -0.452 e. The highest BCUT2D eigenvalue weighted by atomic mass is 16.7. The zero-order valence-electron chi connectivity index (χ0n) is 19.9. The van der Waals surface area contributed by atoms with Gasteiger partial charge in [-0.15, -0.1) is 0 Å². The van der Waals surface area contributed by atoms with Crippen LogP contribution in [0, 0.1) is 0 Å². The average Bonchev–Trinajstić information content (AvgIpc) is 3.62. The van der Waals surface area contributed by atoms with E-state index in [1.807, 2.05) is 36.4 Å². The normalized spacial score (nSPS) is 13.6. The van der Waals surface area contributed by atoms with E-state index in [1.54, 1.807) is 12.1 Å². The lowest BCUT2D eigenvalue weighted by Crippen LogP contribution is -2.32. The molecular weight excluding hydrogens is 488 g/mol. The van der Waals surface area contributed by atoms with Gasteiger partial charge in [0.2, 0.25) is 5.76 Å². The van der Waals surface area contributed by atoms with Crippen molar-refractivity contribution < 1.29 is 33.2 Å². The summed E-state index contributed by atoms with van der Waals surface area (Å²) in [5, 5.41) is 3.00. The molecule has 3 amide bonds. The Morgan fingerprint density at radius 2 is 1.32 bits per heavy atom. The molecule has 2 heterocycles. The quantitative estimate of drug-likeness (QED) is 0.376. The molecule has 1 aliphatic carbocycles. The van der Waals surface area contributed by atoms with Gasteiger partial charge in [0.1, 0.15) is 12.4 Å². The van der Waals surface area contributed by atoms with Crippen LogP contribution >= 0.6 is 0 Å². The number of nitrogens with one attached hydrogen (secondary N) is 1. The van der Waals surface area contributed by atoms with Crippen LogP contribution in [0.5, 0.6) is 0 Å². The number of rotatable bonds is 6. The summed E-state index contributed by atoms with van der Waals surface area (Å²) in [6, 6.07) is 25.1. The van der Waals surface area contributed by atoms with Crippen LogP contribution in [0.1, 0.15) is 54.1 Å². The van der Waals surface area contributed by atoms with E-state index in [-0.39, 0.29) is 41.7 Å². The number of hydrogen-bond acceptors (Lipinski definition) is 7. The van der Waals surface area contributed by atoms with Crippen molar-refractivity contribution >= 4 is 23.9 Å². The minimum absolute atomic E-state index is 0.0447. The Labute approximate surface area is 216 Å². The van der Waals surface area contributed by atoms with Gasteiger partial charge in [0.15, 0.2) is 0 Å². The molecule has 0 unspecified atom stereocenters. The number of hydroxylamine groups is 2. The summed E-state index contributed by atoms with van der Waals surface area (Å²) in [6.07, 6.45) is -0.640. The molecule has 188 valence electrons. The van der Waals surface area contributed by atoms with E-state index in [2.05, 4.69) is 17.4 Å². The first-order valence-corrected chi connectivity index (χ1v) is 11.9. The van der Waals surface area contributed by atoms with Gasteiger partial charge in [0.25, 0.3) is 11.8 Å². The maximum atomic E-state index is 12.5. The SMILES string of the molecule is O=C(NCc1ccc(C(=O)ON2C(=O)c3ccccc3C2=O)o1)OCC1c2ccccc2-c2ccccc21. The van der Waals surface area contributed by atoms with Gasteiger partial charge in [0, 0.05) is 5.92 Å². The van der Waals surface area contributed by atoms with Crippen molar-refractivity contribution in [3.8, 4) is 11.1 Å². The van der Waals surface area contributed by atoms with Gasteiger partial charge in [-0.1, -0.05) is 65.7 Å². The number of nitrogens with zero attached hydrogens (tertiary/aromatic N) is 1. The van der Waals surface area contributed by atoms with Crippen molar-refractivity contribution in [1.82, 2.24) is 10.4 Å². The Balaban J connectivity index is 1.04. The van der Waals surface area contributed by atoms with Crippen molar-refractivity contribution in [3.05, 3.63) is 119 Å². The van der Waals surface area contributed by atoms with Crippen LogP contribution in [-0.2, 0) is 16.1 Å². The number of fused-ring (bicyclic) bond motifs is 4. The zero-order chi connectivity index (χ0) is 26.2. The molecule has 0 fully saturated rings. The zero-order valence-corrected chi connectivity index (χ0v) is 19.9. The summed E-state index contributed by atoms with van der Waals surface area (Å²) in [6.45, 7) is 0.118. The smallest absolute Gasteiger partial charge is 0.407 e. The molecule has 0 saturated heterocycles. The monoisotopic (exact) mass is 508 g/mol. The third kappa shape index (κ3) is 4.00. The van der Waals surface area contributed by atoms with Gasteiger partial charge in [-0.25, -0.2) is 9.59 Å². The highest BCUT2D eigenvalue weighted by Crippen LogP contribution is 2.44. The van der Waals surface area contributed by atoms with Crippen LogP contribution < -0.4 is 5.32 Å². The minimum atomic E-state index is -1.02. The largest absolute Gasteiger partial charge is 0.452 e. The Bertz CT molecular complexity index is 1530. The Hall–Kier alpha value is -5.18. The third-order valence-corrected chi connectivity index (χ3v) is 6.54. The second kappa shape index (κ2) is 9.36. The average molecular weight is 508 g/mol. The predicted octanol–water partition coefficient (Wildman–Crippen LogP) is 4.69. The molecule has 1 aromatic heterocycles. The maximum Gasteiger partial charge on any atom is 0.407 e. The molecule has 0 radical (unpaired) electrons. The van der Waals surface area contributed by atoms with E-state index >= 15 is 0 Å². The topological polar surface area (TPSA) is 115 Å². The molecule has 38 heavy (non-hydrogen) atoms. The van der Waals surface area contributed by atoms with E-state index in [0.29, 0.717) is 5.06 Å². The lowest BCUT2D eigenvalue weighted by Gasteiger charge is -2.14. The van der Waals surface area contributed by atoms with E-state index in [9.17, 15) is 19.2 Å². The number of hydrogen-bond donors (Lipinski definition) is 1. The van der Waals surface area contributed by atoms with Gasteiger partial charge in [0.05, 0.1) is 17.7 Å². The van der Waals surface area contributed by atoms with Gasteiger partial charge >= 0.3 is 12.1 Å². The summed E-state index contributed by atoms with van der Waals surface area (Å²) >= 11 is 0. The van der Waals surface area contributed by atoms with Crippen LogP contribution in [-0.4, -0.2) is 35.5 Å². The Morgan fingerprint density at radius 3 is 1.92 bits per heavy atom. The second-order valence-electron chi connectivity index (χ2n) is 8.77. The van der Waals surface area contributed by atoms with Crippen LogP contribution in [0.15, 0.2) is 89.3 Å². The molecule has 0 saturated carbocycles. The van der Waals surface area contributed by atoms with Crippen LogP contribution in [0.25, 0.3) is 11.1 Å². The van der Waals surface area contributed by atoms with Gasteiger partial charge in [-0.05, 0) is 46.5 Å². The van der Waals surface area contributed by atoms with Gasteiger partial charge in [-0.2, -0.15) is 0 Å². The molecule has 1 N–H and O–H groups in total. The van der Waals surface area contributed by atoms with Crippen molar-refractivity contribution in [1.29, 1.82) is 0 Å². The molecule has 0 bridgehead atoms. The van der Waals surface area contributed by atoms with Crippen molar-refractivity contribution in [2.24, 2.45) is 0 Å². The predicted molar refractivity (Wildman–Crippen MR) is 133 cm³/mol. The van der Waals surface area contributed by atoms with E-state index in [0.717, 1.165) is 22.3 Å². The van der Waals surface area contributed by atoms with E-state index in [1.165, 1.54) is 24.3 Å². The summed E-state index contributed by atoms with van der Waals surface area (Å²) in [7, 11) is 0. The lowest BCUT2D eigenvalue weighted by atomic mass is 9.98. The lowest BCUT2D eigenvalue weighted by molar-refractivity contribution is -0.0603. The summed E-state index contributed by atoms with van der Waals surface area (Å²) in [5.41, 5.74) is 4.78. The third-order valence-electron chi connectivity index (χ3n) is 6.54. The fourth-order valence-corrected chi connectivity index (χ4v) is 4.77. The summed E-state index contributed by atoms with van der Waals surface area (Å²) < 4.78 is 10.9. The van der Waals surface area contributed by atoms with Crippen molar-refractivity contribution in [2.45, 2.75) is 12.5 Å². The molecule has 2 aliphatic rings. The number of carbonyl (C=O) groups excluding carboxylic acids is 4. The maximum absolute atomic E-state index is 12.5. The van der Waals surface area contributed by atoms with Crippen LogP contribution in [0.3, 0.4) is 0 Å². The summed E-state index contributed by atoms with van der Waals surface area (Å²) in [5.74, 6) is -2.53. The number of imide groups is 1. The fourth-order valence-electron chi connectivity index (χ4n) is 4.77. The molecule has 6 rings (SSSR count). The first-order valence-electron chi connectivity index (χ1n) is 11.9.